The van der Waals surface area contributed by atoms with Crippen molar-refractivity contribution in [3.05, 3.63) is 48.6 Å². The van der Waals surface area contributed by atoms with Crippen LogP contribution in [-0.2, 0) is 4.79 Å². The van der Waals surface area contributed by atoms with Crippen molar-refractivity contribution in [1.29, 1.82) is 0 Å². The summed E-state index contributed by atoms with van der Waals surface area (Å²) in [5.74, 6) is 0.0981. The number of aromatic hydroxyl groups is 1. The van der Waals surface area contributed by atoms with Gasteiger partial charge in [0.2, 0.25) is 0 Å². The molecule has 0 spiro atoms. The summed E-state index contributed by atoms with van der Waals surface area (Å²) >= 11 is 0. The number of rotatable bonds is 3. The van der Waals surface area contributed by atoms with Crippen molar-refractivity contribution in [2.24, 2.45) is 0 Å². The smallest absolute Gasteiger partial charge is 0.336 e. The third-order valence-electron chi connectivity index (χ3n) is 1.59. The molecule has 15 heavy (non-hydrogen) atoms. The number of phenolic OH excluding ortho intramolecular Hbond substituents is 1. The minimum atomic E-state index is -0.446. The van der Waals surface area contributed by atoms with Gasteiger partial charge in [-0.2, -0.15) is 0 Å². The van der Waals surface area contributed by atoms with Gasteiger partial charge in [0.05, 0.1) is 0 Å². The number of benzene rings is 1. The SMILES string of the molecule is C/C=C/C=C/C(=O)Oc1ccc(O)cc1. The monoisotopic (exact) mass is 204 g/mol. The highest BCUT2D eigenvalue weighted by molar-refractivity contribution is 5.84. The van der Waals surface area contributed by atoms with Crippen LogP contribution >= 0.6 is 0 Å². The van der Waals surface area contributed by atoms with Gasteiger partial charge >= 0.3 is 5.97 Å². The Morgan fingerprint density at radius 2 is 1.93 bits per heavy atom. The second kappa shape index (κ2) is 5.65. The maximum atomic E-state index is 11.2. The summed E-state index contributed by atoms with van der Waals surface area (Å²) in [5.41, 5.74) is 0. The molecular weight excluding hydrogens is 192 g/mol. The topological polar surface area (TPSA) is 46.5 Å². The normalized spacial score (nSPS) is 11.0. The molecule has 0 amide bonds. The maximum Gasteiger partial charge on any atom is 0.336 e. The zero-order valence-electron chi connectivity index (χ0n) is 8.38. The van der Waals surface area contributed by atoms with Gasteiger partial charge in [0.15, 0.2) is 0 Å². The second-order valence-electron chi connectivity index (χ2n) is 2.80. The lowest BCUT2D eigenvalue weighted by Crippen LogP contribution is -2.03. The first kappa shape index (κ1) is 11.0. The van der Waals surface area contributed by atoms with Gasteiger partial charge in [-0.15, -0.1) is 0 Å². The van der Waals surface area contributed by atoms with Crippen LogP contribution in [0.25, 0.3) is 0 Å². The maximum absolute atomic E-state index is 11.2. The largest absolute Gasteiger partial charge is 0.508 e. The molecule has 1 aromatic rings. The van der Waals surface area contributed by atoms with Crippen LogP contribution in [0.2, 0.25) is 0 Å². The van der Waals surface area contributed by atoms with E-state index in [0.29, 0.717) is 5.75 Å². The van der Waals surface area contributed by atoms with E-state index in [1.807, 2.05) is 13.0 Å². The van der Waals surface area contributed by atoms with Gasteiger partial charge in [0, 0.05) is 6.08 Å². The van der Waals surface area contributed by atoms with Crippen molar-refractivity contribution in [3.63, 3.8) is 0 Å². The van der Waals surface area contributed by atoms with Crippen LogP contribution in [0.3, 0.4) is 0 Å². The van der Waals surface area contributed by atoms with Crippen molar-refractivity contribution < 1.29 is 14.6 Å². The van der Waals surface area contributed by atoms with Gasteiger partial charge < -0.3 is 9.84 Å². The predicted molar refractivity (Wildman–Crippen MR) is 57.7 cm³/mol. The van der Waals surface area contributed by atoms with Gasteiger partial charge in [0.25, 0.3) is 0 Å². The van der Waals surface area contributed by atoms with Gasteiger partial charge in [-0.25, -0.2) is 4.79 Å². The molecule has 0 radical (unpaired) electrons. The lowest BCUT2D eigenvalue weighted by Gasteiger charge is -2.00. The minimum absolute atomic E-state index is 0.138. The van der Waals surface area contributed by atoms with E-state index in [0.717, 1.165) is 0 Å². The van der Waals surface area contributed by atoms with Gasteiger partial charge in [0.1, 0.15) is 11.5 Å². The van der Waals surface area contributed by atoms with E-state index in [9.17, 15) is 4.79 Å². The van der Waals surface area contributed by atoms with E-state index in [2.05, 4.69) is 0 Å². The number of hydrogen-bond acceptors (Lipinski definition) is 3. The Hall–Kier alpha value is -2.03. The molecule has 0 saturated heterocycles. The molecule has 78 valence electrons. The summed E-state index contributed by atoms with van der Waals surface area (Å²) in [5, 5.41) is 9.00. The molecule has 0 heterocycles. The van der Waals surface area contributed by atoms with Crippen LogP contribution in [0.5, 0.6) is 11.5 Å². The number of phenols is 1. The van der Waals surface area contributed by atoms with Gasteiger partial charge in [-0.1, -0.05) is 18.2 Å². The lowest BCUT2D eigenvalue weighted by atomic mass is 10.3. The first-order chi connectivity index (χ1) is 7.22. The van der Waals surface area contributed by atoms with E-state index >= 15 is 0 Å². The summed E-state index contributed by atoms with van der Waals surface area (Å²) in [4.78, 5) is 11.2. The standard InChI is InChI=1S/C12H12O3/c1-2-3-4-5-12(14)15-11-8-6-10(13)7-9-11/h2-9,13H,1H3/b3-2+,5-4+. The Morgan fingerprint density at radius 3 is 2.53 bits per heavy atom. The van der Waals surface area contributed by atoms with Crippen LogP contribution in [0, 0.1) is 0 Å². The number of carbonyl (C=O) groups excluding carboxylic acids is 1. The molecule has 0 fully saturated rings. The predicted octanol–water partition coefficient (Wildman–Crippen LogP) is 2.43. The minimum Gasteiger partial charge on any atom is -0.508 e. The van der Waals surface area contributed by atoms with E-state index in [-0.39, 0.29) is 5.75 Å². The van der Waals surface area contributed by atoms with Crippen LogP contribution < -0.4 is 4.74 Å². The molecule has 3 heteroatoms. The van der Waals surface area contributed by atoms with Crippen molar-refractivity contribution in [1.82, 2.24) is 0 Å². The molecule has 3 nitrogen and oxygen atoms in total. The Bertz CT molecular complexity index is 374. The molecule has 0 unspecified atom stereocenters. The van der Waals surface area contributed by atoms with Crippen molar-refractivity contribution in [2.75, 3.05) is 0 Å². The van der Waals surface area contributed by atoms with Gasteiger partial charge in [-0.3, -0.25) is 0 Å². The molecule has 1 N–H and O–H groups in total. The number of hydrogen-bond donors (Lipinski definition) is 1. The fourth-order valence-corrected chi connectivity index (χ4v) is 0.910. The molecule has 1 rings (SSSR count). The zero-order valence-corrected chi connectivity index (χ0v) is 8.38. The number of allylic oxidation sites excluding steroid dienone is 3. The molecule has 0 saturated carbocycles. The molecule has 0 atom stereocenters. The van der Waals surface area contributed by atoms with Gasteiger partial charge in [-0.05, 0) is 31.2 Å². The Kier molecular flexibility index (Phi) is 4.16. The fraction of sp³-hybridized carbons (Fsp3) is 0.0833. The second-order valence-corrected chi connectivity index (χ2v) is 2.80. The third-order valence-corrected chi connectivity index (χ3v) is 1.59. The first-order valence-electron chi connectivity index (χ1n) is 4.52. The van der Waals surface area contributed by atoms with Crippen LogP contribution in [0.4, 0.5) is 0 Å². The number of esters is 1. The molecular formula is C12H12O3. The first-order valence-corrected chi connectivity index (χ1v) is 4.52. The van der Waals surface area contributed by atoms with E-state index in [4.69, 9.17) is 9.84 Å². The molecule has 0 bridgehead atoms. The van der Waals surface area contributed by atoms with E-state index in [1.54, 1.807) is 12.2 Å². The number of ether oxygens (including phenoxy) is 1. The van der Waals surface area contributed by atoms with E-state index < -0.39 is 5.97 Å². The van der Waals surface area contributed by atoms with Crippen LogP contribution in [0.1, 0.15) is 6.92 Å². The lowest BCUT2D eigenvalue weighted by molar-refractivity contribution is -0.128. The third kappa shape index (κ3) is 4.13. The van der Waals surface area contributed by atoms with E-state index in [1.165, 1.54) is 30.3 Å². The zero-order chi connectivity index (χ0) is 11.1. The summed E-state index contributed by atoms with van der Waals surface area (Å²) < 4.78 is 4.95. The highest BCUT2D eigenvalue weighted by atomic mass is 16.5. The quantitative estimate of drug-likeness (QED) is 0.356. The average Bonchev–Trinajstić information content (AvgIpc) is 2.22. The Morgan fingerprint density at radius 1 is 1.27 bits per heavy atom. The molecule has 0 aliphatic rings. The number of carbonyl (C=O) groups is 1. The van der Waals surface area contributed by atoms with Crippen molar-refractivity contribution in [3.8, 4) is 11.5 Å². The Labute approximate surface area is 88.3 Å². The summed E-state index contributed by atoms with van der Waals surface area (Å²) in [6, 6.07) is 5.96. The summed E-state index contributed by atoms with van der Waals surface area (Å²) in [6.07, 6.45) is 6.47. The van der Waals surface area contributed by atoms with Crippen LogP contribution in [-0.4, -0.2) is 11.1 Å². The highest BCUT2D eigenvalue weighted by Gasteiger charge is 1.98. The molecule has 0 aliphatic heterocycles. The molecule has 0 aromatic heterocycles. The molecule has 0 aliphatic carbocycles. The van der Waals surface area contributed by atoms with Crippen LogP contribution in [0.15, 0.2) is 48.6 Å². The highest BCUT2D eigenvalue weighted by Crippen LogP contribution is 2.15. The fourth-order valence-electron chi connectivity index (χ4n) is 0.910. The average molecular weight is 204 g/mol. The van der Waals surface area contributed by atoms with Crippen molar-refractivity contribution in [2.45, 2.75) is 6.92 Å². The summed E-state index contributed by atoms with van der Waals surface area (Å²) in [6.45, 7) is 1.86. The van der Waals surface area contributed by atoms with Crippen molar-refractivity contribution >= 4 is 5.97 Å². The Balaban J connectivity index is 2.55. The summed E-state index contributed by atoms with van der Waals surface area (Å²) in [7, 11) is 0. The molecule has 1 aromatic carbocycles.